The first-order chi connectivity index (χ1) is 7.56. The maximum atomic E-state index is 3.52. The molecule has 0 bridgehead atoms. The van der Waals surface area contributed by atoms with Gasteiger partial charge >= 0.3 is 0 Å². The van der Waals surface area contributed by atoms with Gasteiger partial charge in [-0.05, 0) is 31.2 Å². The van der Waals surface area contributed by atoms with Crippen molar-refractivity contribution in [3.63, 3.8) is 0 Å². The fourth-order valence-corrected chi connectivity index (χ4v) is 2.40. The second-order valence-corrected chi connectivity index (χ2v) is 5.65. The molecule has 16 heavy (non-hydrogen) atoms. The maximum absolute atomic E-state index is 3.52. The van der Waals surface area contributed by atoms with Crippen molar-refractivity contribution in [1.82, 2.24) is 5.32 Å². The first-order valence-electron chi connectivity index (χ1n) is 7.23. The SMILES string of the molecule is CCCCC(CC)CC(NC)C(C)C(C)C. The standard InChI is InChI=1S/C15H33N/c1-7-9-10-14(8-2)11-15(16-6)13(5)12(3)4/h12-16H,7-11H2,1-6H3. The molecule has 0 saturated carbocycles. The Morgan fingerprint density at radius 3 is 2.06 bits per heavy atom. The molecule has 0 saturated heterocycles. The molecule has 0 amide bonds. The highest BCUT2D eigenvalue weighted by Gasteiger charge is 2.21. The predicted molar refractivity (Wildman–Crippen MR) is 74.8 cm³/mol. The van der Waals surface area contributed by atoms with E-state index in [1.807, 2.05) is 0 Å². The van der Waals surface area contributed by atoms with Crippen LogP contribution in [0.2, 0.25) is 0 Å². The second kappa shape index (κ2) is 9.04. The summed E-state index contributed by atoms with van der Waals surface area (Å²) in [7, 11) is 2.12. The smallest absolute Gasteiger partial charge is 0.00947 e. The first-order valence-corrected chi connectivity index (χ1v) is 7.23. The van der Waals surface area contributed by atoms with Crippen LogP contribution in [0.15, 0.2) is 0 Å². The minimum absolute atomic E-state index is 0.696. The minimum Gasteiger partial charge on any atom is -0.317 e. The average molecular weight is 227 g/mol. The van der Waals surface area contributed by atoms with Gasteiger partial charge in [-0.3, -0.25) is 0 Å². The number of hydrogen-bond donors (Lipinski definition) is 1. The summed E-state index contributed by atoms with van der Waals surface area (Å²) in [6, 6.07) is 0.696. The molecule has 1 N–H and O–H groups in total. The van der Waals surface area contributed by atoms with E-state index in [4.69, 9.17) is 0 Å². The zero-order chi connectivity index (χ0) is 12.6. The van der Waals surface area contributed by atoms with Gasteiger partial charge < -0.3 is 5.32 Å². The topological polar surface area (TPSA) is 12.0 Å². The van der Waals surface area contributed by atoms with E-state index >= 15 is 0 Å². The lowest BCUT2D eigenvalue weighted by Crippen LogP contribution is -2.36. The molecule has 0 aliphatic rings. The molecule has 0 aromatic heterocycles. The van der Waals surface area contributed by atoms with Crippen LogP contribution in [0.25, 0.3) is 0 Å². The summed E-state index contributed by atoms with van der Waals surface area (Å²) >= 11 is 0. The number of nitrogens with one attached hydrogen (secondary N) is 1. The Kier molecular flexibility index (Phi) is 9.02. The van der Waals surface area contributed by atoms with Crippen molar-refractivity contribution in [2.45, 2.75) is 72.8 Å². The fraction of sp³-hybridized carbons (Fsp3) is 1.00. The molecule has 3 atom stereocenters. The summed E-state index contributed by atoms with van der Waals surface area (Å²) in [4.78, 5) is 0. The summed E-state index contributed by atoms with van der Waals surface area (Å²) in [6.45, 7) is 11.7. The van der Waals surface area contributed by atoms with Crippen molar-refractivity contribution in [2.75, 3.05) is 7.05 Å². The molecule has 0 aromatic carbocycles. The van der Waals surface area contributed by atoms with Gasteiger partial charge in [0, 0.05) is 6.04 Å². The van der Waals surface area contributed by atoms with Gasteiger partial charge in [0.1, 0.15) is 0 Å². The van der Waals surface area contributed by atoms with Crippen molar-refractivity contribution in [3.05, 3.63) is 0 Å². The van der Waals surface area contributed by atoms with Gasteiger partial charge in [-0.15, -0.1) is 0 Å². The molecule has 0 fully saturated rings. The van der Waals surface area contributed by atoms with Crippen LogP contribution in [0.5, 0.6) is 0 Å². The third-order valence-corrected chi connectivity index (χ3v) is 4.19. The Bertz CT molecular complexity index is 154. The van der Waals surface area contributed by atoms with Gasteiger partial charge in [0.15, 0.2) is 0 Å². The van der Waals surface area contributed by atoms with E-state index in [-0.39, 0.29) is 0 Å². The van der Waals surface area contributed by atoms with Crippen LogP contribution in [0, 0.1) is 17.8 Å². The van der Waals surface area contributed by atoms with Crippen LogP contribution in [0.4, 0.5) is 0 Å². The highest BCUT2D eigenvalue weighted by Crippen LogP contribution is 2.24. The molecule has 0 rings (SSSR count). The molecule has 0 aliphatic carbocycles. The van der Waals surface area contributed by atoms with E-state index in [2.05, 4.69) is 47.0 Å². The Balaban J connectivity index is 4.15. The highest BCUT2D eigenvalue weighted by atomic mass is 14.9. The molecule has 0 aliphatic heterocycles. The molecule has 98 valence electrons. The zero-order valence-electron chi connectivity index (χ0n) is 12.3. The normalized spacial score (nSPS) is 17.4. The van der Waals surface area contributed by atoms with Gasteiger partial charge in [-0.2, -0.15) is 0 Å². The minimum atomic E-state index is 0.696. The molecule has 0 heterocycles. The van der Waals surface area contributed by atoms with Crippen LogP contribution in [-0.2, 0) is 0 Å². The lowest BCUT2D eigenvalue weighted by molar-refractivity contribution is 0.253. The average Bonchev–Trinajstić information content (AvgIpc) is 2.28. The Morgan fingerprint density at radius 1 is 1.06 bits per heavy atom. The van der Waals surface area contributed by atoms with Gasteiger partial charge in [-0.1, -0.05) is 60.3 Å². The largest absolute Gasteiger partial charge is 0.317 e. The van der Waals surface area contributed by atoms with Crippen LogP contribution in [0.3, 0.4) is 0 Å². The van der Waals surface area contributed by atoms with Crippen molar-refractivity contribution in [3.8, 4) is 0 Å². The first kappa shape index (κ1) is 16.0. The van der Waals surface area contributed by atoms with E-state index < -0.39 is 0 Å². The molecule has 1 heteroatoms. The summed E-state index contributed by atoms with van der Waals surface area (Å²) in [5.41, 5.74) is 0. The van der Waals surface area contributed by atoms with E-state index in [0.29, 0.717) is 6.04 Å². The van der Waals surface area contributed by atoms with Gasteiger partial charge in [0.2, 0.25) is 0 Å². The number of rotatable bonds is 9. The molecule has 1 nitrogen and oxygen atoms in total. The summed E-state index contributed by atoms with van der Waals surface area (Å²) in [5, 5.41) is 3.52. The van der Waals surface area contributed by atoms with Crippen LogP contribution in [0.1, 0.15) is 66.7 Å². The van der Waals surface area contributed by atoms with Gasteiger partial charge in [0.05, 0.1) is 0 Å². The summed E-state index contributed by atoms with van der Waals surface area (Å²) in [5.74, 6) is 2.47. The summed E-state index contributed by atoms with van der Waals surface area (Å²) < 4.78 is 0. The molecular weight excluding hydrogens is 194 g/mol. The Morgan fingerprint density at radius 2 is 1.69 bits per heavy atom. The van der Waals surface area contributed by atoms with Crippen LogP contribution >= 0.6 is 0 Å². The van der Waals surface area contributed by atoms with Crippen LogP contribution < -0.4 is 5.32 Å². The fourth-order valence-electron chi connectivity index (χ4n) is 2.40. The molecule has 3 unspecified atom stereocenters. The van der Waals surface area contributed by atoms with E-state index in [0.717, 1.165) is 17.8 Å². The number of unbranched alkanes of at least 4 members (excludes halogenated alkanes) is 1. The molecule has 0 radical (unpaired) electrons. The van der Waals surface area contributed by atoms with E-state index in [1.165, 1.54) is 32.1 Å². The Hall–Kier alpha value is -0.0400. The van der Waals surface area contributed by atoms with Crippen molar-refractivity contribution in [2.24, 2.45) is 17.8 Å². The molecular formula is C15H33N. The quantitative estimate of drug-likeness (QED) is 0.612. The monoisotopic (exact) mass is 227 g/mol. The highest BCUT2D eigenvalue weighted by molar-refractivity contribution is 4.77. The van der Waals surface area contributed by atoms with E-state index in [1.54, 1.807) is 0 Å². The summed E-state index contributed by atoms with van der Waals surface area (Å²) in [6.07, 6.45) is 6.83. The van der Waals surface area contributed by atoms with E-state index in [9.17, 15) is 0 Å². The second-order valence-electron chi connectivity index (χ2n) is 5.65. The maximum Gasteiger partial charge on any atom is 0.00947 e. The molecule has 0 spiro atoms. The van der Waals surface area contributed by atoms with Crippen molar-refractivity contribution >= 4 is 0 Å². The predicted octanol–water partition coefficient (Wildman–Crippen LogP) is 4.47. The molecule has 0 aromatic rings. The van der Waals surface area contributed by atoms with Crippen LogP contribution in [-0.4, -0.2) is 13.1 Å². The van der Waals surface area contributed by atoms with Gasteiger partial charge in [-0.25, -0.2) is 0 Å². The van der Waals surface area contributed by atoms with Crippen molar-refractivity contribution < 1.29 is 0 Å². The van der Waals surface area contributed by atoms with Crippen molar-refractivity contribution in [1.29, 1.82) is 0 Å². The Labute approximate surface area is 103 Å². The van der Waals surface area contributed by atoms with Gasteiger partial charge in [0.25, 0.3) is 0 Å². The third-order valence-electron chi connectivity index (χ3n) is 4.19. The zero-order valence-corrected chi connectivity index (χ0v) is 12.3. The number of hydrogen-bond acceptors (Lipinski definition) is 1. The lowest BCUT2D eigenvalue weighted by atomic mass is 9.82. The lowest BCUT2D eigenvalue weighted by Gasteiger charge is -2.30. The third kappa shape index (κ3) is 5.89.